The Morgan fingerprint density at radius 1 is 1.48 bits per heavy atom. The van der Waals surface area contributed by atoms with Gasteiger partial charge < -0.3 is 10.6 Å². The van der Waals surface area contributed by atoms with E-state index >= 15 is 0 Å². The number of hydrogen-bond donors (Lipinski definition) is 2. The number of thioether (sulfide) groups is 1. The van der Waals surface area contributed by atoms with Gasteiger partial charge in [-0.05, 0) is 32.0 Å². The summed E-state index contributed by atoms with van der Waals surface area (Å²) in [5.74, 6) is -0.585. The molecule has 112 valence electrons. The topological polar surface area (TPSA) is 66.9 Å². The van der Waals surface area contributed by atoms with Crippen molar-refractivity contribution in [1.29, 1.82) is 0 Å². The lowest BCUT2D eigenvalue weighted by atomic mass is 10.3. The molecular formula is C13H15FN4OS2. The largest absolute Gasteiger partial charge is 0.360 e. The van der Waals surface area contributed by atoms with Crippen molar-refractivity contribution in [2.24, 2.45) is 0 Å². The molecule has 0 aliphatic heterocycles. The number of nitrogens with zero attached hydrogens (tertiary/aromatic N) is 2. The van der Waals surface area contributed by atoms with Crippen LogP contribution in [0.3, 0.4) is 0 Å². The number of halogens is 1. The van der Waals surface area contributed by atoms with Crippen LogP contribution in [0.5, 0.6) is 0 Å². The Morgan fingerprint density at radius 3 is 3.00 bits per heavy atom. The summed E-state index contributed by atoms with van der Waals surface area (Å²) in [7, 11) is 0. The van der Waals surface area contributed by atoms with Crippen LogP contribution in [-0.4, -0.2) is 27.9 Å². The molecule has 8 heteroatoms. The maximum atomic E-state index is 13.1. The van der Waals surface area contributed by atoms with Gasteiger partial charge in [-0.3, -0.25) is 4.79 Å². The average molecular weight is 326 g/mol. The van der Waals surface area contributed by atoms with E-state index in [0.717, 1.165) is 11.7 Å². The first kappa shape index (κ1) is 15.7. The number of carbonyl (C=O) groups is 1. The Hall–Kier alpha value is -1.67. The van der Waals surface area contributed by atoms with Crippen LogP contribution in [-0.2, 0) is 4.79 Å². The second-order valence-corrected chi connectivity index (χ2v) is 6.73. The van der Waals surface area contributed by atoms with Crippen LogP contribution in [0.4, 0.5) is 15.2 Å². The summed E-state index contributed by atoms with van der Waals surface area (Å²) >= 11 is 2.72. The second kappa shape index (κ2) is 7.37. The van der Waals surface area contributed by atoms with Gasteiger partial charge in [-0.2, -0.15) is 0 Å². The van der Waals surface area contributed by atoms with Gasteiger partial charge in [0.25, 0.3) is 0 Å². The van der Waals surface area contributed by atoms with Crippen LogP contribution in [0.1, 0.15) is 13.8 Å². The fraction of sp³-hybridized carbons (Fsp3) is 0.308. The molecule has 1 atom stereocenters. The number of carbonyl (C=O) groups excluding carboxylic acids is 1. The molecule has 1 aromatic carbocycles. The Morgan fingerprint density at radius 2 is 2.29 bits per heavy atom. The predicted molar refractivity (Wildman–Crippen MR) is 84.4 cm³/mol. The van der Waals surface area contributed by atoms with Gasteiger partial charge >= 0.3 is 0 Å². The third-order valence-electron chi connectivity index (χ3n) is 2.47. The summed E-state index contributed by atoms with van der Waals surface area (Å²) in [4.78, 5) is 12.0. The summed E-state index contributed by atoms with van der Waals surface area (Å²) in [5, 5.41) is 14.1. The molecule has 5 nitrogen and oxygen atoms in total. The van der Waals surface area contributed by atoms with Crippen LogP contribution < -0.4 is 10.6 Å². The third kappa shape index (κ3) is 4.68. The normalized spacial score (nSPS) is 12.0. The second-order valence-electron chi connectivity index (χ2n) is 4.16. The fourth-order valence-corrected chi connectivity index (χ4v) is 3.46. The smallest absolute Gasteiger partial charge is 0.237 e. The molecule has 0 aliphatic rings. The van der Waals surface area contributed by atoms with Gasteiger partial charge in [-0.15, -0.1) is 10.2 Å². The molecule has 1 aromatic heterocycles. The van der Waals surface area contributed by atoms with Crippen molar-refractivity contribution >= 4 is 39.8 Å². The molecule has 0 saturated carbocycles. The van der Waals surface area contributed by atoms with E-state index in [2.05, 4.69) is 20.8 Å². The van der Waals surface area contributed by atoms with Crippen molar-refractivity contribution in [1.82, 2.24) is 10.2 Å². The zero-order chi connectivity index (χ0) is 15.2. The van der Waals surface area contributed by atoms with E-state index in [1.165, 1.54) is 35.2 Å². The summed E-state index contributed by atoms with van der Waals surface area (Å²) in [6.45, 7) is 4.52. The first-order valence-electron chi connectivity index (χ1n) is 6.39. The molecule has 0 radical (unpaired) electrons. The summed E-state index contributed by atoms with van der Waals surface area (Å²) < 4.78 is 13.8. The molecule has 1 unspecified atom stereocenters. The highest BCUT2D eigenvalue weighted by molar-refractivity contribution is 8.02. The lowest BCUT2D eigenvalue weighted by molar-refractivity contribution is -0.115. The van der Waals surface area contributed by atoms with Crippen LogP contribution in [0.15, 0.2) is 28.6 Å². The van der Waals surface area contributed by atoms with Crippen molar-refractivity contribution in [2.75, 3.05) is 17.2 Å². The number of amides is 1. The van der Waals surface area contributed by atoms with Crippen molar-refractivity contribution in [3.05, 3.63) is 30.1 Å². The van der Waals surface area contributed by atoms with Crippen LogP contribution in [0.25, 0.3) is 0 Å². The standard InChI is InChI=1S/C13H15FN4OS2/c1-3-15-12-17-18-13(21-12)20-8(2)11(19)16-10-6-4-5-9(14)7-10/h4-8H,3H2,1-2H3,(H,15,17)(H,16,19). The molecule has 2 aromatic rings. The van der Waals surface area contributed by atoms with Crippen molar-refractivity contribution in [2.45, 2.75) is 23.4 Å². The molecule has 0 bridgehead atoms. The van der Waals surface area contributed by atoms with E-state index in [1.807, 2.05) is 6.92 Å². The fourth-order valence-electron chi connectivity index (χ4n) is 1.49. The average Bonchev–Trinajstić information content (AvgIpc) is 2.86. The van der Waals surface area contributed by atoms with Crippen LogP contribution in [0.2, 0.25) is 0 Å². The van der Waals surface area contributed by atoms with Crippen LogP contribution >= 0.6 is 23.1 Å². The maximum absolute atomic E-state index is 13.1. The van der Waals surface area contributed by atoms with Gasteiger partial charge in [-0.1, -0.05) is 29.2 Å². The van der Waals surface area contributed by atoms with Gasteiger partial charge in [0.05, 0.1) is 5.25 Å². The van der Waals surface area contributed by atoms with Crippen molar-refractivity contribution in [3.63, 3.8) is 0 Å². The van der Waals surface area contributed by atoms with Gasteiger partial charge in [0, 0.05) is 12.2 Å². The summed E-state index contributed by atoms with van der Waals surface area (Å²) in [6.07, 6.45) is 0. The number of anilines is 2. The van der Waals surface area contributed by atoms with Crippen molar-refractivity contribution in [3.8, 4) is 0 Å². The van der Waals surface area contributed by atoms with Gasteiger partial charge in [0.1, 0.15) is 5.82 Å². The Balaban J connectivity index is 1.92. The number of hydrogen-bond acceptors (Lipinski definition) is 6. The number of aromatic nitrogens is 2. The molecule has 1 heterocycles. The van der Waals surface area contributed by atoms with Crippen LogP contribution in [0, 0.1) is 5.82 Å². The highest BCUT2D eigenvalue weighted by atomic mass is 32.2. The van der Waals surface area contributed by atoms with E-state index < -0.39 is 0 Å². The quantitative estimate of drug-likeness (QED) is 0.798. The van der Waals surface area contributed by atoms with Gasteiger partial charge in [-0.25, -0.2) is 4.39 Å². The lowest BCUT2D eigenvalue weighted by Gasteiger charge is -2.10. The van der Waals surface area contributed by atoms with E-state index in [0.29, 0.717) is 10.0 Å². The van der Waals surface area contributed by atoms with Crippen molar-refractivity contribution < 1.29 is 9.18 Å². The monoisotopic (exact) mass is 326 g/mol. The van der Waals surface area contributed by atoms with E-state index in [4.69, 9.17) is 0 Å². The minimum Gasteiger partial charge on any atom is -0.360 e. The summed E-state index contributed by atoms with van der Waals surface area (Å²) in [6, 6.07) is 5.81. The Kier molecular flexibility index (Phi) is 5.51. The van der Waals surface area contributed by atoms with E-state index in [-0.39, 0.29) is 17.0 Å². The minimum absolute atomic E-state index is 0.203. The third-order valence-corrected chi connectivity index (χ3v) is 4.54. The molecule has 0 aliphatic carbocycles. The number of benzene rings is 1. The molecule has 0 spiro atoms. The van der Waals surface area contributed by atoms with Gasteiger partial charge in [0.2, 0.25) is 11.0 Å². The Labute approximate surface area is 130 Å². The molecule has 1 amide bonds. The van der Waals surface area contributed by atoms with E-state index in [1.54, 1.807) is 19.1 Å². The highest BCUT2D eigenvalue weighted by Gasteiger charge is 2.17. The van der Waals surface area contributed by atoms with Gasteiger partial charge in [0.15, 0.2) is 4.34 Å². The SMILES string of the molecule is CCNc1nnc(SC(C)C(=O)Nc2cccc(F)c2)s1. The molecule has 2 N–H and O–H groups in total. The zero-order valence-electron chi connectivity index (χ0n) is 11.6. The predicted octanol–water partition coefficient (Wildman–Crippen LogP) is 3.23. The first-order chi connectivity index (χ1) is 10.1. The number of nitrogens with one attached hydrogen (secondary N) is 2. The molecule has 2 rings (SSSR count). The highest BCUT2D eigenvalue weighted by Crippen LogP contribution is 2.29. The molecular weight excluding hydrogens is 311 g/mol. The molecule has 0 fully saturated rings. The molecule has 0 saturated heterocycles. The lowest BCUT2D eigenvalue weighted by Crippen LogP contribution is -2.22. The maximum Gasteiger partial charge on any atom is 0.237 e. The zero-order valence-corrected chi connectivity index (χ0v) is 13.2. The minimum atomic E-state index is -0.382. The Bertz CT molecular complexity index is 620. The first-order valence-corrected chi connectivity index (χ1v) is 8.08. The number of rotatable bonds is 6. The van der Waals surface area contributed by atoms with E-state index in [9.17, 15) is 9.18 Å². The summed E-state index contributed by atoms with van der Waals surface area (Å²) in [5.41, 5.74) is 0.443. The molecule has 21 heavy (non-hydrogen) atoms.